The summed E-state index contributed by atoms with van der Waals surface area (Å²) >= 11 is 0. The van der Waals surface area contributed by atoms with Gasteiger partial charge >= 0.3 is 5.97 Å². The number of ether oxygens (including phenoxy) is 3. The predicted molar refractivity (Wildman–Crippen MR) is 84.4 cm³/mol. The van der Waals surface area contributed by atoms with Crippen LogP contribution in [0.15, 0.2) is 24.3 Å². The third kappa shape index (κ3) is 4.64. The Morgan fingerprint density at radius 2 is 1.70 bits per heavy atom. The molecule has 1 unspecified atom stereocenters. The van der Waals surface area contributed by atoms with E-state index in [4.69, 9.17) is 14.2 Å². The Kier molecular flexibility index (Phi) is 6.92. The Bertz CT molecular complexity index is 596. The van der Waals surface area contributed by atoms with Gasteiger partial charge in [0.2, 0.25) is 0 Å². The highest BCUT2D eigenvalue weighted by molar-refractivity contribution is 5.99. The molecule has 23 heavy (non-hydrogen) atoms. The van der Waals surface area contributed by atoms with Crippen molar-refractivity contribution in [2.45, 2.75) is 19.4 Å². The van der Waals surface area contributed by atoms with E-state index in [1.807, 2.05) is 0 Å². The minimum Gasteiger partial charge on any atom is -0.496 e. The molecule has 126 valence electrons. The molecule has 0 spiro atoms. The van der Waals surface area contributed by atoms with Gasteiger partial charge in [0.1, 0.15) is 11.8 Å². The van der Waals surface area contributed by atoms with Crippen LogP contribution in [0.4, 0.5) is 0 Å². The van der Waals surface area contributed by atoms with Crippen molar-refractivity contribution in [2.24, 2.45) is 0 Å². The van der Waals surface area contributed by atoms with E-state index in [1.54, 1.807) is 19.1 Å². The number of carbonyl (C=O) groups excluding carboxylic acids is 1. The first-order chi connectivity index (χ1) is 11.0. The number of allylic oxidation sites excluding steroid dienone is 1. The number of rotatable bonds is 8. The van der Waals surface area contributed by atoms with Crippen LogP contribution in [0, 0.1) is 0 Å². The third-order valence-corrected chi connectivity index (χ3v) is 3.16. The van der Waals surface area contributed by atoms with Crippen LogP contribution in [0.1, 0.15) is 23.7 Å². The Hall–Kier alpha value is -2.70. The maximum absolute atomic E-state index is 12.4. The summed E-state index contributed by atoms with van der Waals surface area (Å²) in [5, 5.41) is 11.6. The number of nitrogens with one attached hydrogen (secondary N) is 1. The molecule has 7 nitrogen and oxygen atoms in total. The van der Waals surface area contributed by atoms with Crippen molar-refractivity contribution in [3.63, 3.8) is 0 Å². The van der Waals surface area contributed by atoms with E-state index in [9.17, 15) is 14.7 Å². The van der Waals surface area contributed by atoms with Gasteiger partial charge < -0.3 is 24.6 Å². The Morgan fingerprint density at radius 1 is 1.13 bits per heavy atom. The number of carboxylic acids is 1. The molecule has 2 N–H and O–H groups in total. The van der Waals surface area contributed by atoms with Gasteiger partial charge in [-0.3, -0.25) is 4.79 Å². The standard InChI is InChI=1S/C16H21NO6/c1-5-6-7-11(16(19)20)17-15(18)10-8-13(22-3)14(23-4)9-12(10)21-2/h5-6,8-9,11H,7H2,1-4H3,(H,17,18)(H,19,20)/b6-5+. The number of methoxy groups -OCH3 is 3. The highest BCUT2D eigenvalue weighted by Gasteiger charge is 2.23. The second-order valence-electron chi connectivity index (χ2n) is 4.58. The summed E-state index contributed by atoms with van der Waals surface area (Å²) in [6.45, 7) is 1.78. The number of hydrogen-bond acceptors (Lipinski definition) is 5. The van der Waals surface area contributed by atoms with Gasteiger partial charge in [-0.1, -0.05) is 12.2 Å². The molecule has 0 saturated carbocycles. The van der Waals surface area contributed by atoms with Crippen LogP contribution in [0.3, 0.4) is 0 Å². The first-order valence-electron chi connectivity index (χ1n) is 6.93. The van der Waals surface area contributed by atoms with Crippen LogP contribution in [-0.2, 0) is 4.79 Å². The molecule has 1 aromatic carbocycles. The van der Waals surface area contributed by atoms with Crippen molar-refractivity contribution in [3.8, 4) is 17.2 Å². The largest absolute Gasteiger partial charge is 0.496 e. The molecule has 1 rings (SSSR count). The minimum absolute atomic E-state index is 0.164. The van der Waals surface area contributed by atoms with Gasteiger partial charge in [-0.2, -0.15) is 0 Å². The van der Waals surface area contributed by atoms with E-state index < -0.39 is 17.9 Å². The molecular weight excluding hydrogens is 302 g/mol. The van der Waals surface area contributed by atoms with Crippen LogP contribution in [0.25, 0.3) is 0 Å². The van der Waals surface area contributed by atoms with Crippen molar-refractivity contribution in [1.82, 2.24) is 5.32 Å². The zero-order valence-corrected chi connectivity index (χ0v) is 13.6. The van der Waals surface area contributed by atoms with Crippen LogP contribution in [0.5, 0.6) is 17.2 Å². The van der Waals surface area contributed by atoms with Crippen LogP contribution in [0.2, 0.25) is 0 Å². The van der Waals surface area contributed by atoms with Crippen LogP contribution in [-0.4, -0.2) is 44.4 Å². The summed E-state index contributed by atoms with van der Waals surface area (Å²) < 4.78 is 15.5. The van der Waals surface area contributed by atoms with Gasteiger partial charge in [-0.25, -0.2) is 4.79 Å². The summed E-state index contributed by atoms with van der Waals surface area (Å²) in [6.07, 6.45) is 3.58. The fourth-order valence-electron chi connectivity index (χ4n) is 1.94. The average Bonchev–Trinajstić information content (AvgIpc) is 2.56. The summed E-state index contributed by atoms with van der Waals surface area (Å²) in [4.78, 5) is 23.6. The van der Waals surface area contributed by atoms with E-state index in [0.717, 1.165) is 0 Å². The predicted octanol–water partition coefficient (Wildman–Crippen LogP) is 1.86. The molecule has 0 aliphatic carbocycles. The molecule has 1 atom stereocenters. The molecule has 1 aromatic rings. The van der Waals surface area contributed by atoms with E-state index in [1.165, 1.54) is 33.5 Å². The third-order valence-electron chi connectivity index (χ3n) is 3.16. The topological polar surface area (TPSA) is 94.1 Å². The fourth-order valence-corrected chi connectivity index (χ4v) is 1.94. The molecule has 0 fully saturated rings. The molecular formula is C16H21NO6. The number of aliphatic carboxylic acids is 1. The lowest BCUT2D eigenvalue weighted by Crippen LogP contribution is -2.40. The monoisotopic (exact) mass is 323 g/mol. The molecule has 0 saturated heterocycles. The Balaban J connectivity index is 3.12. The summed E-state index contributed by atoms with van der Waals surface area (Å²) in [5.41, 5.74) is 0.164. The van der Waals surface area contributed by atoms with E-state index >= 15 is 0 Å². The quantitative estimate of drug-likeness (QED) is 0.709. The minimum atomic E-state index is -1.11. The SMILES string of the molecule is C/C=C/CC(NC(=O)c1cc(OC)c(OC)cc1OC)C(=O)O. The first-order valence-corrected chi connectivity index (χ1v) is 6.93. The number of amides is 1. The van der Waals surface area contributed by atoms with E-state index in [0.29, 0.717) is 11.5 Å². The lowest BCUT2D eigenvalue weighted by atomic mass is 10.1. The fraction of sp³-hybridized carbons (Fsp3) is 0.375. The van der Waals surface area contributed by atoms with Crippen molar-refractivity contribution < 1.29 is 28.9 Å². The molecule has 0 radical (unpaired) electrons. The van der Waals surface area contributed by atoms with Crippen LogP contribution < -0.4 is 19.5 Å². The zero-order chi connectivity index (χ0) is 17.4. The molecule has 0 bridgehead atoms. The van der Waals surface area contributed by atoms with Gasteiger partial charge in [-0.05, 0) is 13.3 Å². The zero-order valence-electron chi connectivity index (χ0n) is 13.6. The second kappa shape index (κ2) is 8.67. The van der Waals surface area contributed by atoms with Crippen molar-refractivity contribution >= 4 is 11.9 Å². The van der Waals surface area contributed by atoms with E-state index in [2.05, 4.69) is 5.32 Å². The molecule has 0 aliphatic heterocycles. The molecule has 7 heteroatoms. The maximum atomic E-state index is 12.4. The Morgan fingerprint density at radius 3 is 2.17 bits per heavy atom. The molecule has 0 heterocycles. The van der Waals surface area contributed by atoms with Crippen molar-refractivity contribution in [3.05, 3.63) is 29.8 Å². The second-order valence-corrected chi connectivity index (χ2v) is 4.58. The van der Waals surface area contributed by atoms with Gasteiger partial charge in [0, 0.05) is 12.1 Å². The average molecular weight is 323 g/mol. The number of benzene rings is 1. The number of carboxylic acid groups (broad SMARTS) is 1. The smallest absolute Gasteiger partial charge is 0.326 e. The van der Waals surface area contributed by atoms with Crippen LogP contribution >= 0.6 is 0 Å². The van der Waals surface area contributed by atoms with Gasteiger partial charge in [0.25, 0.3) is 5.91 Å². The van der Waals surface area contributed by atoms with Crippen molar-refractivity contribution in [1.29, 1.82) is 0 Å². The van der Waals surface area contributed by atoms with Gasteiger partial charge in [0.15, 0.2) is 11.5 Å². The molecule has 1 amide bonds. The van der Waals surface area contributed by atoms with E-state index in [-0.39, 0.29) is 17.7 Å². The normalized spacial score (nSPS) is 11.8. The van der Waals surface area contributed by atoms with Crippen molar-refractivity contribution in [2.75, 3.05) is 21.3 Å². The lowest BCUT2D eigenvalue weighted by Gasteiger charge is -2.16. The number of carbonyl (C=O) groups is 2. The molecule has 0 aliphatic rings. The van der Waals surface area contributed by atoms with Gasteiger partial charge in [-0.15, -0.1) is 0 Å². The Labute approximate surface area is 134 Å². The highest BCUT2D eigenvalue weighted by atomic mass is 16.5. The van der Waals surface area contributed by atoms with Gasteiger partial charge in [0.05, 0.1) is 26.9 Å². The number of hydrogen-bond donors (Lipinski definition) is 2. The maximum Gasteiger partial charge on any atom is 0.326 e. The lowest BCUT2D eigenvalue weighted by molar-refractivity contribution is -0.139. The first kappa shape index (κ1) is 18.3. The summed E-state index contributed by atoms with van der Waals surface area (Å²) in [6, 6.07) is 1.92. The summed E-state index contributed by atoms with van der Waals surface area (Å²) in [5.74, 6) is -0.672. The summed E-state index contributed by atoms with van der Waals surface area (Å²) in [7, 11) is 4.32. The molecule has 0 aromatic heterocycles. The highest BCUT2D eigenvalue weighted by Crippen LogP contribution is 2.34.